The van der Waals surface area contributed by atoms with Crippen LogP contribution in [0.2, 0.25) is 0 Å². The second kappa shape index (κ2) is 5.30. The van der Waals surface area contributed by atoms with Crippen LogP contribution in [-0.4, -0.2) is 15.8 Å². The van der Waals surface area contributed by atoms with E-state index in [1.807, 2.05) is 0 Å². The fourth-order valence-electron chi connectivity index (χ4n) is 1.17. The molecule has 0 bridgehead atoms. The van der Waals surface area contributed by atoms with Gasteiger partial charge in [-0.1, -0.05) is 0 Å². The van der Waals surface area contributed by atoms with Gasteiger partial charge in [0.05, 0.1) is 16.6 Å². The van der Waals surface area contributed by atoms with Crippen molar-refractivity contribution >= 4 is 28.9 Å². The molecule has 0 unspecified atom stereocenters. The molecule has 0 saturated carbocycles. The summed E-state index contributed by atoms with van der Waals surface area (Å²) in [6.45, 7) is 1.43. The number of pyridine rings is 1. The van der Waals surface area contributed by atoms with Crippen LogP contribution in [0.3, 0.4) is 0 Å². The van der Waals surface area contributed by atoms with E-state index in [-0.39, 0.29) is 5.78 Å². The molecule has 0 aromatic carbocycles. The average Bonchev–Trinajstić information content (AvgIpc) is 2.77. The normalized spacial score (nSPS) is 11.6. The fourth-order valence-corrected chi connectivity index (χ4v) is 2.93. The minimum atomic E-state index is -4.39. The third kappa shape index (κ3) is 3.54. The van der Waals surface area contributed by atoms with Gasteiger partial charge in [0.2, 0.25) is 0 Å². The zero-order chi connectivity index (χ0) is 14.0. The molecule has 2 heterocycles. The first kappa shape index (κ1) is 14.0. The van der Waals surface area contributed by atoms with Gasteiger partial charge in [-0.2, -0.15) is 13.2 Å². The van der Waals surface area contributed by atoms with Gasteiger partial charge in [-0.25, -0.2) is 9.97 Å². The number of aromatic nitrogens is 2. The van der Waals surface area contributed by atoms with Gasteiger partial charge in [-0.15, -0.1) is 11.3 Å². The largest absolute Gasteiger partial charge is 0.417 e. The topological polar surface area (TPSA) is 42.9 Å². The van der Waals surface area contributed by atoms with E-state index < -0.39 is 11.7 Å². The molecule has 8 heteroatoms. The van der Waals surface area contributed by atoms with Crippen LogP contribution in [0.1, 0.15) is 22.2 Å². The summed E-state index contributed by atoms with van der Waals surface area (Å²) >= 11 is 2.31. The Balaban J connectivity index is 2.13. The fraction of sp³-hybridized carbons (Fsp3) is 0.182. The molecule has 2 rings (SSSR count). The van der Waals surface area contributed by atoms with E-state index in [0.29, 0.717) is 14.2 Å². The first-order chi connectivity index (χ1) is 8.86. The highest BCUT2D eigenvalue weighted by molar-refractivity contribution is 8.01. The van der Waals surface area contributed by atoms with Crippen LogP contribution in [-0.2, 0) is 6.18 Å². The predicted molar refractivity (Wildman–Crippen MR) is 65.5 cm³/mol. The van der Waals surface area contributed by atoms with Crippen LogP contribution in [0.4, 0.5) is 13.2 Å². The highest BCUT2D eigenvalue weighted by atomic mass is 32.2. The molecule has 0 spiro atoms. The second-order valence-corrected chi connectivity index (χ2v) is 5.83. The minimum absolute atomic E-state index is 0.0928. The maximum absolute atomic E-state index is 12.3. The average molecular weight is 304 g/mol. The van der Waals surface area contributed by atoms with Crippen LogP contribution in [0.5, 0.6) is 0 Å². The van der Waals surface area contributed by atoms with Gasteiger partial charge < -0.3 is 0 Å². The maximum atomic E-state index is 12.3. The number of rotatable bonds is 3. The molecule has 19 heavy (non-hydrogen) atoms. The lowest BCUT2D eigenvalue weighted by Gasteiger charge is -2.05. The first-order valence-electron chi connectivity index (χ1n) is 5.04. The van der Waals surface area contributed by atoms with E-state index in [2.05, 4.69) is 9.97 Å². The SMILES string of the molecule is CC(=O)c1cnc(Sc2ccc(C(F)(F)F)cn2)s1. The van der Waals surface area contributed by atoms with Gasteiger partial charge in [0, 0.05) is 13.1 Å². The van der Waals surface area contributed by atoms with Crippen molar-refractivity contribution in [3.63, 3.8) is 0 Å². The summed E-state index contributed by atoms with van der Waals surface area (Å²) in [4.78, 5) is 19.3. The molecular weight excluding hydrogens is 297 g/mol. The molecule has 3 nitrogen and oxygen atoms in total. The Morgan fingerprint density at radius 1 is 1.26 bits per heavy atom. The van der Waals surface area contributed by atoms with Gasteiger partial charge in [0.25, 0.3) is 0 Å². The lowest BCUT2D eigenvalue weighted by molar-refractivity contribution is -0.137. The molecule has 0 saturated heterocycles. The molecule has 2 aromatic rings. The molecule has 0 radical (unpaired) electrons. The Bertz CT molecular complexity index is 593. The number of carbonyl (C=O) groups is 1. The number of carbonyl (C=O) groups excluding carboxylic acids is 1. The highest BCUT2D eigenvalue weighted by Gasteiger charge is 2.30. The van der Waals surface area contributed by atoms with Crippen LogP contribution in [0, 0.1) is 0 Å². The maximum Gasteiger partial charge on any atom is 0.417 e. The second-order valence-electron chi connectivity index (χ2n) is 3.53. The predicted octanol–water partition coefficient (Wildman–Crippen LogP) is 3.91. The molecule has 0 N–H and O–H groups in total. The number of nitrogens with zero attached hydrogens (tertiary/aromatic N) is 2. The summed E-state index contributed by atoms with van der Waals surface area (Å²) in [7, 11) is 0. The zero-order valence-electron chi connectivity index (χ0n) is 9.56. The Morgan fingerprint density at radius 2 is 2.00 bits per heavy atom. The van der Waals surface area contributed by atoms with Crippen LogP contribution >= 0.6 is 23.1 Å². The number of halogens is 3. The van der Waals surface area contributed by atoms with Gasteiger partial charge >= 0.3 is 6.18 Å². The molecule has 0 aliphatic rings. The van der Waals surface area contributed by atoms with Gasteiger partial charge in [-0.3, -0.25) is 4.79 Å². The number of ketones is 1. The Morgan fingerprint density at radius 3 is 2.47 bits per heavy atom. The Labute approximate surface area is 114 Å². The van der Waals surface area contributed by atoms with E-state index in [1.54, 1.807) is 0 Å². The summed E-state index contributed by atoms with van der Waals surface area (Å²) in [5.74, 6) is -0.0928. The van der Waals surface area contributed by atoms with Crippen molar-refractivity contribution in [2.24, 2.45) is 0 Å². The Hall–Kier alpha value is -1.41. The van der Waals surface area contributed by atoms with Crippen LogP contribution in [0.15, 0.2) is 33.9 Å². The van der Waals surface area contributed by atoms with Gasteiger partial charge in [0.1, 0.15) is 5.03 Å². The van der Waals surface area contributed by atoms with Crippen molar-refractivity contribution in [1.29, 1.82) is 0 Å². The number of hydrogen-bond acceptors (Lipinski definition) is 5. The van der Waals surface area contributed by atoms with Crippen LogP contribution in [0.25, 0.3) is 0 Å². The van der Waals surface area contributed by atoms with Crippen molar-refractivity contribution < 1.29 is 18.0 Å². The molecule has 100 valence electrons. The van der Waals surface area contributed by atoms with Crippen molar-refractivity contribution in [1.82, 2.24) is 9.97 Å². The molecule has 0 aliphatic carbocycles. The molecule has 0 amide bonds. The number of hydrogen-bond donors (Lipinski definition) is 0. The van der Waals surface area contributed by atoms with Crippen LogP contribution < -0.4 is 0 Å². The highest BCUT2D eigenvalue weighted by Crippen LogP contribution is 2.33. The van der Waals surface area contributed by atoms with Crippen molar-refractivity contribution in [3.8, 4) is 0 Å². The van der Waals surface area contributed by atoms with Gasteiger partial charge in [0.15, 0.2) is 10.1 Å². The zero-order valence-corrected chi connectivity index (χ0v) is 11.2. The van der Waals surface area contributed by atoms with E-state index >= 15 is 0 Å². The molecular formula is C11H7F3N2OS2. The summed E-state index contributed by atoms with van der Waals surface area (Å²) in [5.41, 5.74) is -0.791. The monoisotopic (exact) mass is 304 g/mol. The third-order valence-corrected chi connectivity index (χ3v) is 4.21. The van der Waals surface area contributed by atoms with E-state index in [0.717, 1.165) is 24.0 Å². The van der Waals surface area contributed by atoms with E-state index in [9.17, 15) is 18.0 Å². The van der Waals surface area contributed by atoms with Crippen molar-refractivity contribution in [3.05, 3.63) is 35.0 Å². The lowest BCUT2D eigenvalue weighted by Crippen LogP contribution is -2.04. The number of alkyl halides is 3. The molecule has 0 atom stereocenters. The summed E-state index contributed by atoms with van der Waals surface area (Å²) in [5, 5.41) is 0.400. The standard InChI is InChI=1S/C11H7F3N2OS2/c1-6(17)8-5-16-10(18-8)19-9-3-2-7(4-15-9)11(12,13)14/h2-5H,1H3. The summed E-state index contributed by atoms with van der Waals surface area (Å²) in [6, 6.07) is 2.25. The van der Waals surface area contributed by atoms with E-state index in [4.69, 9.17) is 0 Å². The first-order valence-corrected chi connectivity index (χ1v) is 6.67. The minimum Gasteiger partial charge on any atom is -0.294 e. The lowest BCUT2D eigenvalue weighted by atomic mass is 10.3. The molecule has 0 fully saturated rings. The Kier molecular flexibility index (Phi) is 3.91. The third-order valence-electron chi connectivity index (χ3n) is 2.09. The number of Topliss-reactive ketones (excluding diaryl/α,β-unsaturated/α-hetero) is 1. The summed E-state index contributed by atoms with van der Waals surface area (Å²) in [6.07, 6.45) is -2.17. The smallest absolute Gasteiger partial charge is 0.294 e. The van der Waals surface area contributed by atoms with Crippen molar-refractivity contribution in [2.45, 2.75) is 22.5 Å². The van der Waals surface area contributed by atoms with Gasteiger partial charge in [-0.05, 0) is 23.9 Å². The quantitative estimate of drug-likeness (QED) is 0.806. The van der Waals surface area contributed by atoms with E-state index in [1.165, 1.54) is 30.5 Å². The summed E-state index contributed by atoms with van der Waals surface area (Å²) < 4.78 is 37.6. The number of thiazole rings is 1. The van der Waals surface area contributed by atoms with Crippen molar-refractivity contribution in [2.75, 3.05) is 0 Å². The molecule has 2 aromatic heterocycles. The molecule has 0 aliphatic heterocycles.